The molecule has 0 bridgehead atoms. The van der Waals surface area contributed by atoms with Gasteiger partial charge in [-0.15, -0.1) is 0 Å². The van der Waals surface area contributed by atoms with E-state index in [1.54, 1.807) is 6.08 Å². The Balaban J connectivity index is 2.55. The Bertz CT molecular complexity index is 272. The van der Waals surface area contributed by atoms with Crippen molar-refractivity contribution in [3.05, 3.63) is 11.6 Å². The van der Waals surface area contributed by atoms with Crippen LogP contribution in [0.2, 0.25) is 0 Å². The van der Waals surface area contributed by atoms with E-state index in [4.69, 9.17) is 4.74 Å². The lowest BCUT2D eigenvalue weighted by atomic mass is 9.83. The molecule has 1 aliphatic rings. The molecular formula is C13H23NO2. The molecule has 1 N–H and O–H groups in total. The molecule has 1 rings (SSSR count). The molecule has 0 aliphatic carbocycles. The molecule has 0 aromatic rings. The summed E-state index contributed by atoms with van der Waals surface area (Å²) in [5.41, 5.74) is 0.622. The van der Waals surface area contributed by atoms with Gasteiger partial charge in [-0.2, -0.15) is 0 Å². The quantitative estimate of drug-likeness (QED) is 0.591. The van der Waals surface area contributed by atoms with Crippen LogP contribution in [-0.2, 0) is 9.53 Å². The Hall–Kier alpha value is -0.830. The minimum absolute atomic E-state index is 0.219. The van der Waals surface area contributed by atoms with E-state index in [0.717, 1.165) is 31.5 Å². The molecule has 1 aliphatic heterocycles. The summed E-state index contributed by atoms with van der Waals surface area (Å²) in [7, 11) is 0. The zero-order valence-corrected chi connectivity index (χ0v) is 10.8. The van der Waals surface area contributed by atoms with Crippen molar-refractivity contribution < 1.29 is 9.53 Å². The summed E-state index contributed by atoms with van der Waals surface area (Å²) in [6.07, 6.45) is 3.72. The second kappa shape index (κ2) is 5.48. The molecular weight excluding hydrogens is 202 g/mol. The van der Waals surface area contributed by atoms with E-state index in [2.05, 4.69) is 5.32 Å². The average Bonchev–Trinajstić information content (AvgIpc) is 2.16. The Morgan fingerprint density at radius 3 is 2.38 bits per heavy atom. The van der Waals surface area contributed by atoms with E-state index in [0.29, 0.717) is 5.92 Å². The van der Waals surface area contributed by atoms with Gasteiger partial charge in [-0.3, -0.25) is 0 Å². The van der Waals surface area contributed by atoms with Crippen molar-refractivity contribution in [1.29, 1.82) is 0 Å². The van der Waals surface area contributed by atoms with Gasteiger partial charge in [-0.1, -0.05) is 5.57 Å². The Morgan fingerprint density at radius 1 is 1.31 bits per heavy atom. The number of carbonyl (C=O) groups is 1. The van der Waals surface area contributed by atoms with Crippen molar-refractivity contribution in [2.75, 3.05) is 13.1 Å². The summed E-state index contributed by atoms with van der Waals surface area (Å²) < 4.78 is 5.55. The fourth-order valence-corrected chi connectivity index (χ4v) is 2.12. The molecule has 0 aromatic carbocycles. The first kappa shape index (κ1) is 13.2. The van der Waals surface area contributed by atoms with Gasteiger partial charge in [0.1, 0.15) is 5.60 Å². The molecule has 0 unspecified atom stereocenters. The van der Waals surface area contributed by atoms with Crippen LogP contribution in [0.25, 0.3) is 0 Å². The highest BCUT2D eigenvalue weighted by Gasteiger charge is 2.33. The van der Waals surface area contributed by atoms with Crippen molar-refractivity contribution in [3.8, 4) is 0 Å². The van der Waals surface area contributed by atoms with E-state index in [1.165, 1.54) is 0 Å². The van der Waals surface area contributed by atoms with Gasteiger partial charge in [0.25, 0.3) is 0 Å². The molecule has 0 saturated carbocycles. The number of carbonyl (C=O) groups excluding carboxylic acids is 1. The third-order valence-electron chi connectivity index (χ3n) is 3.09. The van der Waals surface area contributed by atoms with E-state index in [9.17, 15) is 4.79 Å². The van der Waals surface area contributed by atoms with Gasteiger partial charge in [-0.05, 0) is 53.6 Å². The molecule has 1 heterocycles. The SMILES string of the molecule is CC(C)=CC(=O)OC(C)(C)C1CCNCC1. The first-order valence-corrected chi connectivity index (χ1v) is 6.00. The highest BCUT2D eigenvalue weighted by atomic mass is 16.6. The number of esters is 1. The topological polar surface area (TPSA) is 38.3 Å². The average molecular weight is 225 g/mol. The number of allylic oxidation sites excluding steroid dienone is 1. The molecule has 0 radical (unpaired) electrons. The van der Waals surface area contributed by atoms with Gasteiger partial charge in [0, 0.05) is 12.0 Å². The summed E-state index contributed by atoms with van der Waals surface area (Å²) in [6, 6.07) is 0. The van der Waals surface area contributed by atoms with Crippen LogP contribution < -0.4 is 5.32 Å². The molecule has 0 aromatic heterocycles. The highest BCUT2D eigenvalue weighted by Crippen LogP contribution is 2.29. The van der Waals surface area contributed by atoms with Gasteiger partial charge < -0.3 is 10.1 Å². The number of hydrogen-bond acceptors (Lipinski definition) is 3. The third kappa shape index (κ3) is 3.97. The van der Waals surface area contributed by atoms with Gasteiger partial charge in [-0.25, -0.2) is 4.79 Å². The Kier molecular flexibility index (Phi) is 4.54. The maximum Gasteiger partial charge on any atom is 0.331 e. The predicted molar refractivity (Wildman–Crippen MR) is 65.2 cm³/mol. The lowest BCUT2D eigenvalue weighted by Gasteiger charge is -2.36. The minimum atomic E-state index is -0.356. The van der Waals surface area contributed by atoms with E-state index in [-0.39, 0.29) is 11.6 Å². The molecule has 0 amide bonds. The largest absolute Gasteiger partial charge is 0.456 e. The van der Waals surface area contributed by atoms with Crippen molar-refractivity contribution in [2.24, 2.45) is 5.92 Å². The number of nitrogens with one attached hydrogen (secondary N) is 1. The van der Waals surface area contributed by atoms with E-state index in [1.807, 2.05) is 27.7 Å². The van der Waals surface area contributed by atoms with Crippen LogP contribution >= 0.6 is 0 Å². The summed E-state index contributed by atoms with van der Waals surface area (Å²) in [5, 5.41) is 3.32. The fraction of sp³-hybridized carbons (Fsp3) is 0.769. The summed E-state index contributed by atoms with van der Waals surface area (Å²) >= 11 is 0. The second-order valence-corrected chi connectivity index (χ2v) is 5.27. The maximum absolute atomic E-state index is 11.6. The number of hydrogen-bond donors (Lipinski definition) is 1. The van der Waals surface area contributed by atoms with Crippen LogP contribution in [0.4, 0.5) is 0 Å². The van der Waals surface area contributed by atoms with Crippen LogP contribution in [-0.4, -0.2) is 24.7 Å². The summed E-state index contributed by atoms with van der Waals surface area (Å²) in [6.45, 7) is 9.87. The fourth-order valence-electron chi connectivity index (χ4n) is 2.12. The van der Waals surface area contributed by atoms with E-state index >= 15 is 0 Å². The number of ether oxygens (including phenoxy) is 1. The van der Waals surface area contributed by atoms with Crippen LogP contribution in [0.3, 0.4) is 0 Å². The molecule has 0 spiro atoms. The summed E-state index contributed by atoms with van der Waals surface area (Å²) in [4.78, 5) is 11.6. The normalized spacial score (nSPS) is 18.0. The van der Waals surface area contributed by atoms with Gasteiger partial charge in [0.15, 0.2) is 0 Å². The van der Waals surface area contributed by atoms with Gasteiger partial charge >= 0.3 is 5.97 Å². The molecule has 16 heavy (non-hydrogen) atoms. The monoisotopic (exact) mass is 225 g/mol. The lowest BCUT2D eigenvalue weighted by molar-refractivity contribution is -0.156. The predicted octanol–water partition coefficient (Wildman–Crippen LogP) is 2.27. The molecule has 0 atom stereocenters. The lowest BCUT2D eigenvalue weighted by Crippen LogP contribution is -2.42. The van der Waals surface area contributed by atoms with Gasteiger partial charge in [0.05, 0.1) is 0 Å². The van der Waals surface area contributed by atoms with Gasteiger partial charge in [0.2, 0.25) is 0 Å². The van der Waals surface area contributed by atoms with Crippen LogP contribution in [0, 0.1) is 5.92 Å². The highest BCUT2D eigenvalue weighted by molar-refractivity contribution is 5.82. The molecule has 3 nitrogen and oxygen atoms in total. The van der Waals surface area contributed by atoms with Crippen molar-refractivity contribution in [3.63, 3.8) is 0 Å². The van der Waals surface area contributed by atoms with Crippen LogP contribution in [0.5, 0.6) is 0 Å². The van der Waals surface area contributed by atoms with Crippen molar-refractivity contribution >= 4 is 5.97 Å². The standard InChI is InChI=1S/C13H23NO2/c1-10(2)9-12(15)16-13(3,4)11-5-7-14-8-6-11/h9,11,14H,5-8H2,1-4H3. The second-order valence-electron chi connectivity index (χ2n) is 5.27. The molecule has 1 fully saturated rings. The smallest absolute Gasteiger partial charge is 0.331 e. The van der Waals surface area contributed by atoms with Crippen LogP contribution in [0.15, 0.2) is 11.6 Å². The van der Waals surface area contributed by atoms with Crippen LogP contribution in [0.1, 0.15) is 40.5 Å². The third-order valence-corrected chi connectivity index (χ3v) is 3.09. The maximum atomic E-state index is 11.6. The minimum Gasteiger partial charge on any atom is -0.456 e. The zero-order chi connectivity index (χ0) is 12.2. The van der Waals surface area contributed by atoms with Crippen molar-refractivity contribution in [1.82, 2.24) is 5.32 Å². The van der Waals surface area contributed by atoms with Crippen molar-refractivity contribution in [2.45, 2.75) is 46.1 Å². The summed E-state index contributed by atoms with van der Waals surface area (Å²) in [5.74, 6) is 0.242. The zero-order valence-electron chi connectivity index (χ0n) is 10.8. The first-order chi connectivity index (χ1) is 7.42. The van der Waals surface area contributed by atoms with E-state index < -0.39 is 0 Å². The molecule has 3 heteroatoms. The Labute approximate surface area is 98.2 Å². The number of piperidine rings is 1. The Morgan fingerprint density at radius 2 is 1.88 bits per heavy atom. The molecule has 1 saturated heterocycles. The first-order valence-electron chi connectivity index (χ1n) is 6.00. The molecule has 92 valence electrons. The number of rotatable bonds is 3.